The zero-order valence-corrected chi connectivity index (χ0v) is 19.1. The molecule has 2 amide bonds. The second-order valence-corrected chi connectivity index (χ2v) is 7.85. The van der Waals surface area contributed by atoms with Crippen molar-refractivity contribution >= 4 is 35.0 Å². The number of nitrogens with one attached hydrogen (secondary N) is 3. The van der Waals surface area contributed by atoms with Crippen LogP contribution >= 0.6 is 0 Å². The third-order valence-corrected chi connectivity index (χ3v) is 5.35. The van der Waals surface area contributed by atoms with Crippen LogP contribution in [0.1, 0.15) is 12.2 Å². The normalized spacial score (nSPS) is 15.2. The minimum absolute atomic E-state index is 0.0732. The number of carbonyl (C=O) groups excluding carboxylic acids is 2. The van der Waals surface area contributed by atoms with Gasteiger partial charge >= 0.3 is 0 Å². The maximum absolute atomic E-state index is 12.6. The van der Waals surface area contributed by atoms with Crippen LogP contribution in [0.25, 0.3) is 0 Å². The van der Waals surface area contributed by atoms with Crippen molar-refractivity contribution in [1.82, 2.24) is 20.3 Å². The number of aryl methyl sites for hydroxylation is 1. The quantitative estimate of drug-likeness (QED) is 0.416. The molecule has 1 atom stereocenters. The molecule has 1 saturated heterocycles. The molecule has 4 rings (SSSR count). The van der Waals surface area contributed by atoms with Crippen molar-refractivity contribution in [3.8, 4) is 5.75 Å². The highest BCUT2D eigenvalue weighted by atomic mass is 16.5. The minimum Gasteiger partial charge on any atom is -0.497 e. The summed E-state index contributed by atoms with van der Waals surface area (Å²) in [6.45, 7) is 3.03. The standard InChI is InChI=1S/C24H27N7O3/c1-16-28-21(14-22(29-16)30-20-8-3-4-9-25-20)26-10-11-27-24(33)17-12-23(32)31(15-17)18-6-5-7-19(13-18)34-2/h3-9,13-14,17H,10-12,15H2,1-2H3,(H,27,33)(H2,25,26,28,29,30). The zero-order valence-electron chi connectivity index (χ0n) is 19.1. The van der Waals surface area contributed by atoms with E-state index in [0.717, 1.165) is 5.69 Å². The Morgan fingerprint density at radius 3 is 2.74 bits per heavy atom. The molecular weight excluding hydrogens is 434 g/mol. The van der Waals surface area contributed by atoms with Gasteiger partial charge in [0.05, 0.1) is 13.0 Å². The molecule has 0 aliphatic carbocycles. The van der Waals surface area contributed by atoms with Crippen LogP contribution in [-0.2, 0) is 9.59 Å². The molecule has 1 aromatic carbocycles. The Balaban J connectivity index is 1.26. The Kier molecular flexibility index (Phi) is 7.16. The molecule has 1 aliphatic rings. The topological polar surface area (TPSA) is 121 Å². The van der Waals surface area contributed by atoms with E-state index in [4.69, 9.17) is 4.74 Å². The first-order valence-electron chi connectivity index (χ1n) is 11.0. The van der Waals surface area contributed by atoms with Gasteiger partial charge in [-0.1, -0.05) is 12.1 Å². The molecule has 1 aliphatic heterocycles. The number of pyridine rings is 1. The number of nitrogens with zero attached hydrogens (tertiary/aromatic N) is 4. The van der Waals surface area contributed by atoms with Gasteiger partial charge in [0, 0.05) is 50.1 Å². The fourth-order valence-electron chi connectivity index (χ4n) is 3.72. The lowest BCUT2D eigenvalue weighted by atomic mass is 10.1. The molecule has 2 aromatic heterocycles. The molecule has 3 heterocycles. The van der Waals surface area contributed by atoms with E-state index in [0.29, 0.717) is 48.7 Å². The van der Waals surface area contributed by atoms with E-state index in [1.54, 1.807) is 30.3 Å². The maximum Gasteiger partial charge on any atom is 0.227 e. The van der Waals surface area contributed by atoms with E-state index in [2.05, 4.69) is 30.9 Å². The predicted molar refractivity (Wildman–Crippen MR) is 129 cm³/mol. The average Bonchev–Trinajstić information content (AvgIpc) is 3.24. The Morgan fingerprint density at radius 1 is 1.09 bits per heavy atom. The lowest BCUT2D eigenvalue weighted by molar-refractivity contribution is -0.126. The molecule has 0 spiro atoms. The van der Waals surface area contributed by atoms with Crippen LogP contribution in [0, 0.1) is 12.8 Å². The largest absolute Gasteiger partial charge is 0.497 e. The van der Waals surface area contributed by atoms with Crippen LogP contribution in [0.5, 0.6) is 5.75 Å². The van der Waals surface area contributed by atoms with E-state index in [1.807, 2.05) is 43.3 Å². The molecule has 34 heavy (non-hydrogen) atoms. The van der Waals surface area contributed by atoms with Gasteiger partial charge in [-0.05, 0) is 31.2 Å². The third-order valence-electron chi connectivity index (χ3n) is 5.35. The van der Waals surface area contributed by atoms with Crippen LogP contribution in [-0.4, -0.2) is 53.5 Å². The summed E-state index contributed by atoms with van der Waals surface area (Å²) >= 11 is 0. The number of benzene rings is 1. The van der Waals surface area contributed by atoms with Gasteiger partial charge in [-0.3, -0.25) is 9.59 Å². The first-order chi connectivity index (χ1) is 16.5. The summed E-state index contributed by atoms with van der Waals surface area (Å²) < 4.78 is 5.23. The second-order valence-electron chi connectivity index (χ2n) is 7.85. The lowest BCUT2D eigenvalue weighted by Gasteiger charge is -2.17. The first kappa shape index (κ1) is 23.0. The van der Waals surface area contributed by atoms with E-state index in [9.17, 15) is 9.59 Å². The molecule has 0 radical (unpaired) electrons. The Morgan fingerprint density at radius 2 is 1.94 bits per heavy atom. The molecule has 10 nitrogen and oxygen atoms in total. The van der Waals surface area contributed by atoms with Crippen LogP contribution < -0.4 is 25.6 Å². The third kappa shape index (κ3) is 5.77. The average molecular weight is 462 g/mol. The fraction of sp³-hybridized carbons (Fsp3) is 0.292. The van der Waals surface area contributed by atoms with E-state index in [1.165, 1.54) is 0 Å². The number of aromatic nitrogens is 3. The van der Waals surface area contributed by atoms with Gasteiger partial charge in [-0.15, -0.1) is 0 Å². The smallest absolute Gasteiger partial charge is 0.227 e. The van der Waals surface area contributed by atoms with Crippen LogP contribution in [0.2, 0.25) is 0 Å². The lowest BCUT2D eigenvalue weighted by Crippen LogP contribution is -2.35. The summed E-state index contributed by atoms with van der Waals surface area (Å²) in [5.74, 6) is 2.62. The molecule has 0 saturated carbocycles. The highest BCUT2D eigenvalue weighted by molar-refractivity contribution is 6.00. The molecule has 1 unspecified atom stereocenters. The monoisotopic (exact) mass is 461 g/mol. The van der Waals surface area contributed by atoms with Crippen molar-refractivity contribution in [2.45, 2.75) is 13.3 Å². The number of amides is 2. The highest BCUT2D eigenvalue weighted by Gasteiger charge is 2.35. The fourth-order valence-corrected chi connectivity index (χ4v) is 3.72. The Bertz CT molecular complexity index is 1160. The van der Waals surface area contributed by atoms with Crippen molar-refractivity contribution in [2.24, 2.45) is 5.92 Å². The van der Waals surface area contributed by atoms with Crippen LogP contribution in [0.3, 0.4) is 0 Å². The molecular formula is C24H27N7O3. The van der Waals surface area contributed by atoms with Gasteiger partial charge in [0.1, 0.15) is 29.0 Å². The van der Waals surface area contributed by atoms with Crippen molar-refractivity contribution < 1.29 is 14.3 Å². The SMILES string of the molecule is COc1cccc(N2CC(C(=O)NCCNc3cc(Nc4ccccn4)nc(C)n3)CC2=O)c1. The zero-order chi connectivity index (χ0) is 23.9. The molecule has 3 N–H and O–H groups in total. The van der Waals surface area contributed by atoms with Gasteiger partial charge in [-0.25, -0.2) is 15.0 Å². The van der Waals surface area contributed by atoms with Crippen molar-refractivity contribution in [2.75, 3.05) is 42.3 Å². The summed E-state index contributed by atoms with van der Waals surface area (Å²) in [7, 11) is 1.58. The molecule has 1 fully saturated rings. The van der Waals surface area contributed by atoms with Gasteiger partial charge in [-0.2, -0.15) is 0 Å². The number of carbonyl (C=O) groups is 2. The van der Waals surface area contributed by atoms with Gasteiger partial charge in [0.25, 0.3) is 0 Å². The number of rotatable bonds is 9. The van der Waals surface area contributed by atoms with Crippen molar-refractivity contribution in [3.63, 3.8) is 0 Å². The molecule has 0 bridgehead atoms. The number of methoxy groups -OCH3 is 1. The number of anilines is 4. The Hall–Kier alpha value is -4.21. The summed E-state index contributed by atoms with van der Waals surface area (Å²) in [4.78, 5) is 39.7. The Labute approximate surface area is 197 Å². The maximum atomic E-state index is 12.6. The molecule has 10 heteroatoms. The van der Waals surface area contributed by atoms with Gasteiger partial charge in [0.15, 0.2) is 0 Å². The number of hydrogen-bond donors (Lipinski definition) is 3. The van der Waals surface area contributed by atoms with Gasteiger partial charge < -0.3 is 25.6 Å². The highest BCUT2D eigenvalue weighted by Crippen LogP contribution is 2.28. The number of hydrogen-bond acceptors (Lipinski definition) is 8. The minimum atomic E-state index is -0.394. The van der Waals surface area contributed by atoms with E-state index >= 15 is 0 Å². The van der Waals surface area contributed by atoms with E-state index in [-0.39, 0.29) is 18.2 Å². The summed E-state index contributed by atoms with van der Waals surface area (Å²) in [5, 5.41) is 9.24. The molecule has 176 valence electrons. The molecule has 3 aromatic rings. The summed E-state index contributed by atoms with van der Waals surface area (Å²) in [6.07, 6.45) is 1.89. The van der Waals surface area contributed by atoms with E-state index < -0.39 is 5.92 Å². The van der Waals surface area contributed by atoms with Gasteiger partial charge in [0.2, 0.25) is 11.8 Å². The van der Waals surface area contributed by atoms with Crippen LogP contribution in [0.4, 0.5) is 23.1 Å². The summed E-state index contributed by atoms with van der Waals surface area (Å²) in [6, 6.07) is 14.6. The number of ether oxygens (including phenoxy) is 1. The first-order valence-corrected chi connectivity index (χ1v) is 11.0. The van der Waals surface area contributed by atoms with Crippen molar-refractivity contribution in [1.29, 1.82) is 0 Å². The second kappa shape index (κ2) is 10.6. The summed E-state index contributed by atoms with van der Waals surface area (Å²) in [5.41, 5.74) is 0.732. The predicted octanol–water partition coefficient (Wildman–Crippen LogP) is 2.51. The van der Waals surface area contributed by atoms with Crippen molar-refractivity contribution in [3.05, 3.63) is 60.6 Å². The van der Waals surface area contributed by atoms with Crippen LogP contribution in [0.15, 0.2) is 54.7 Å².